The number of fused-ring (bicyclic) bond motifs is 4. The monoisotopic (exact) mass is 473 g/mol. The lowest BCUT2D eigenvalue weighted by atomic mass is 9.63. The number of benzene rings is 1. The van der Waals surface area contributed by atoms with Crippen molar-refractivity contribution in [1.29, 1.82) is 0 Å². The second-order valence-electron chi connectivity index (χ2n) is 11.9. The highest BCUT2D eigenvalue weighted by molar-refractivity contribution is 5.55. The molecule has 1 aromatic heterocycles. The van der Waals surface area contributed by atoms with Crippen LogP contribution in [0.4, 0.5) is 5.82 Å². The largest absolute Gasteiger partial charge is 0.462 e. The van der Waals surface area contributed by atoms with Gasteiger partial charge in [0.05, 0.1) is 5.69 Å². The molecule has 4 atom stereocenters. The summed E-state index contributed by atoms with van der Waals surface area (Å²) in [6.45, 7) is 4.00. The quantitative estimate of drug-likeness (QED) is 0.733. The van der Waals surface area contributed by atoms with E-state index in [1.807, 2.05) is 0 Å². The maximum absolute atomic E-state index is 6.37. The Morgan fingerprint density at radius 2 is 1.80 bits per heavy atom. The van der Waals surface area contributed by atoms with Crippen molar-refractivity contribution >= 4 is 5.82 Å². The average molecular weight is 474 g/mol. The fourth-order valence-electron chi connectivity index (χ4n) is 7.72. The summed E-state index contributed by atoms with van der Waals surface area (Å²) in [4.78, 5) is 15.4. The number of piperazine rings is 1. The number of ether oxygens (including phenoxy) is 1. The van der Waals surface area contributed by atoms with E-state index in [4.69, 9.17) is 14.7 Å². The van der Waals surface area contributed by atoms with Gasteiger partial charge >= 0.3 is 6.01 Å². The van der Waals surface area contributed by atoms with Crippen molar-refractivity contribution in [3.05, 3.63) is 46.6 Å². The van der Waals surface area contributed by atoms with Crippen LogP contribution in [0.5, 0.6) is 6.01 Å². The number of hydrogen-bond acceptors (Lipinski definition) is 6. The van der Waals surface area contributed by atoms with Crippen LogP contribution in [0, 0.1) is 5.41 Å². The first kappa shape index (κ1) is 22.1. The molecular formula is C29H39N5O. The Bertz CT molecular complexity index is 1090. The number of anilines is 1. The third kappa shape index (κ3) is 3.93. The van der Waals surface area contributed by atoms with Gasteiger partial charge in [0.2, 0.25) is 0 Å². The van der Waals surface area contributed by atoms with Crippen molar-refractivity contribution in [2.24, 2.45) is 5.41 Å². The zero-order valence-electron chi connectivity index (χ0n) is 21.1. The van der Waals surface area contributed by atoms with Crippen LogP contribution in [0.2, 0.25) is 0 Å². The Kier molecular flexibility index (Phi) is 5.50. The molecular weight excluding hydrogens is 434 g/mol. The molecule has 1 aromatic carbocycles. The van der Waals surface area contributed by atoms with Crippen molar-refractivity contribution < 1.29 is 4.74 Å². The number of hydrogen-bond donors (Lipinski definition) is 1. The maximum Gasteiger partial charge on any atom is 0.318 e. The highest BCUT2D eigenvalue weighted by Gasteiger charge is 2.43. The number of likely N-dealkylation sites (N-methyl/N-ethyl adjacent to an activating group) is 1. The van der Waals surface area contributed by atoms with E-state index >= 15 is 0 Å². The van der Waals surface area contributed by atoms with Crippen molar-refractivity contribution in [2.45, 2.75) is 82.3 Å². The lowest BCUT2D eigenvalue weighted by molar-refractivity contribution is 0.182. The molecule has 1 N–H and O–H groups in total. The molecule has 186 valence electrons. The molecule has 2 bridgehead atoms. The molecule has 5 aliphatic rings. The van der Waals surface area contributed by atoms with Gasteiger partial charge in [0.15, 0.2) is 0 Å². The first-order chi connectivity index (χ1) is 17.2. The number of aryl methyl sites for hydroxylation is 1. The molecule has 0 unspecified atom stereocenters. The Morgan fingerprint density at radius 1 is 1.00 bits per heavy atom. The third-order valence-corrected chi connectivity index (χ3v) is 9.81. The van der Waals surface area contributed by atoms with E-state index in [1.54, 1.807) is 11.1 Å². The van der Waals surface area contributed by atoms with E-state index in [9.17, 15) is 0 Å². The molecule has 6 nitrogen and oxygen atoms in total. The average Bonchev–Trinajstić information content (AvgIpc) is 3.40. The standard InChI is InChI=1S/C29H39N5O/c1-33-14-4-7-24(33)19-35-28-31-26-16-29(12-10-20-5-2-3-6-21(20)15-29)13-11-25(26)27(32-28)34-22-8-9-23(34)18-30-17-22/h2-3,5-6,22-24,30H,4,7-19H2,1H3/t22-,23+,24-,29-/m0/s1. The SMILES string of the molecule is CN1CCC[C@H]1COc1nc2c(c(N3[C@@H]4CC[C@H]3CNC4)n1)CC[C@]1(CCc3ccccc3C1)C2. The summed E-state index contributed by atoms with van der Waals surface area (Å²) in [5.74, 6) is 1.20. The predicted molar refractivity (Wildman–Crippen MR) is 138 cm³/mol. The van der Waals surface area contributed by atoms with Crippen molar-refractivity contribution in [2.75, 3.05) is 38.2 Å². The minimum atomic E-state index is 0.332. The number of nitrogens with one attached hydrogen (secondary N) is 1. The lowest BCUT2D eigenvalue weighted by Gasteiger charge is -2.43. The number of likely N-dealkylation sites (tertiary alicyclic amines) is 1. The van der Waals surface area contributed by atoms with Gasteiger partial charge in [-0.15, -0.1) is 0 Å². The molecule has 7 rings (SSSR count). The molecule has 3 saturated heterocycles. The van der Waals surface area contributed by atoms with Crippen LogP contribution >= 0.6 is 0 Å². The number of aromatic nitrogens is 2. The highest BCUT2D eigenvalue weighted by atomic mass is 16.5. The maximum atomic E-state index is 6.37. The van der Waals surface area contributed by atoms with Gasteiger partial charge in [-0.3, -0.25) is 0 Å². The predicted octanol–water partition coefficient (Wildman–Crippen LogP) is 3.55. The van der Waals surface area contributed by atoms with E-state index in [1.165, 1.54) is 75.0 Å². The van der Waals surface area contributed by atoms with E-state index in [0.29, 0.717) is 36.2 Å². The summed E-state index contributed by atoms with van der Waals surface area (Å²) in [5, 5.41) is 3.64. The molecule has 0 radical (unpaired) electrons. The van der Waals surface area contributed by atoms with E-state index in [0.717, 1.165) is 25.9 Å². The zero-order chi connectivity index (χ0) is 23.4. The molecule has 0 saturated carbocycles. The summed E-state index contributed by atoms with van der Waals surface area (Å²) in [5.41, 5.74) is 6.12. The molecule has 35 heavy (non-hydrogen) atoms. The minimum absolute atomic E-state index is 0.332. The van der Waals surface area contributed by atoms with Gasteiger partial charge in [0.25, 0.3) is 0 Å². The van der Waals surface area contributed by atoms with Crippen molar-refractivity contribution in [3.63, 3.8) is 0 Å². The van der Waals surface area contributed by atoms with Gasteiger partial charge in [-0.25, -0.2) is 0 Å². The molecule has 3 fully saturated rings. The van der Waals surface area contributed by atoms with Gasteiger partial charge in [-0.05, 0) is 94.3 Å². The van der Waals surface area contributed by atoms with E-state index < -0.39 is 0 Å². The van der Waals surface area contributed by atoms with Crippen LogP contribution < -0.4 is 15.0 Å². The Balaban J connectivity index is 1.22. The van der Waals surface area contributed by atoms with Gasteiger partial charge in [-0.1, -0.05) is 24.3 Å². The van der Waals surface area contributed by atoms with Crippen LogP contribution in [0.25, 0.3) is 0 Å². The molecule has 0 amide bonds. The molecule has 3 aliphatic heterocycles. The van der Waals surface area contributed by atoms with Crippen LogP contribution in [-0.4, -0.2) is 66.3 Å². The molecule has 1 spiro atoms. The van der Waals surface area contributed by atoms with Crippen molar-refractivity contribution in [3.8, 4) is 6.01 Å². The minimum Gasteiger partial charge on any atom is -0.462 e. The first-order valence-corrected chi connectivity index (χ1v) is 14.0. The Morgan fingerprint density at radius 3 is 2.60 bits per heavy atom. The van der Waals surface area contributed by atoms with Crippen LogP contribution in [0.1, 0.15) is 60.9 Å². The van der Waals surface area contributed by atoms with Gasteiger partial charge < -0.3 is 19.9 Å². The van der Waals surface area contributed by atoms with Gasteiger partial charge in [0, 0.05) is 36.8 Å². The molecule has 2 aromatic rings. The van der Waals surface area contributed by atoms with E-state index in [-0.39, 0.29) is 0 Å². The first-order valence-electron chi connectivity index (χ1n) is 14.0. The summed E-state index contributed by atoms with van der Waals surface area (Å²) in [6, 6.07) is 11.3. The Labute approximate surface area is 209 Å². The van der Waals surface area contributed by atoms with Gasteiger partial charge in [-0.2, -0.15) is 9.97 Å². The van der Waals surface area contributed by atoms with Gasteiger partial charge in [0.1, 0.15) is 12.4 Å². The second-order valence-corrected chi connectivity index (χ2v) is 11.9. The second kappa shape index (κ2) is 8.74. The summed E-state index contributed by atoms with van der Waals surface area (Å²) < 4.78 is 6.37. The molecule has 6 heteroatoms. The van der Waals surface area contributed by atoms with Crippen LogP contribution in [-0.2, 0) is 25.7 Å². The fourth-order valence-corrected chi connectivity index (χ4v) is 7.72. The summed E-state index contributed by atoms with van der Waals surface area (Å²) in [6.07, 6.45) is 12.1. The van der Waals surface area contributed by atoms with Crippen molar-refractivity contribution in [1.82, 2.24) is 20.2 Å². The molecule has 4 heterocycles. The summed E-state index contributed by atoms with van der Waals surface area (Å²) >= 11 is 0. The van der Waals surface area contributed by atoms with Crippen LogP contribution in [0.15, 0.2) is 24.3 Å². The smallest absolute Gasteiger partial charge is 0.318 e. The highest BCUT2D eigenvalue weighted by Crippen LogP contribution is 2.47. The zero-order valence-corrected chi connectivity index (χ0v) is 21.1. The summed E-state index contributed by atoms with van der Waals surface area (Å²) in [7, 11) is 2.21. The third-order valence-electron chi connectivity index (χ3n) is 9.81. The Hall–Kier alpha value is -2.18. The normalized spacial score (nSPS) is 32.0. The molecule has 2 aliphatic carbocycles. The topological polar surface area (TPSA) is 53.5 Å². The van der Waals surface area contributed by atoms with Crippen LogP contribution in [0.3, 0.4) is 0 Å². The van der Waals surface area contributed by atoms with E-state index in [2.05, 4.69) is 46.4 Å². The fraction of sp³-hybridized carbons (Fsp3) is 0.655. The lowest BCUT2D eigenvalue weighted by Crippen LogP contribution is -2.53. The number of nitrogens with zero attached hydrogens (tertiary/aromatic N) is 4. The number of rotatable bonds is 4.